The predicted molar refractivity (Wildman–Crippen MR) is 67.7 cm³/mol. The Morgan fingerprint density at radius 3 is 2.57 bits per heavy atom. The molecule has 2 rings (SSSR count). The van der Waals surface area contributed by atoms with Crippen molar-refractivity contribution in [1.29, 1.82) is 0 Å². The van der Waals surface area contributed by atoms with Crippen molar-refractivity contribution in [2.45, 2.75) is 19.3 Å². The molecule has 0 aliphatic heterocycles. The minimum absolute atomic E-state index is 0.00120. The van der Waals surface area contributed by atoms with E-state index in [4.69, 9.17) is 9.52 Å². The van der Waals surface area contributed by atoms with Gasteiger partial charge in [0.05, 0.1) is 17.7 Å². The molecule has 0 radical (unpaired) electrons. The van der Waals surface area contributed by atoms with Gasteiger partial charge in [-0.25, -0.2) is 4.79 Å². The number of carbonyl (C=O) groups is 1. The Morgan fingerprint density at radius 1 is 1.24 bits per heavy atom. The van der Waals surface area contributed by atoms with Crippen molar-refractivity contribution < 1.29 is 27.5 Å². The summed E-state index contributed by atoms with van der Waals surface area (Å²) >= 11 is 0. The Labute approximate surface area is 118 Å². The molecule has 0 amide bonds. The van der Waals surface area contributed by atoms with E-state index in [9.17, 15) is 18.0 Å². The van der Waals surface area contributed by atoms with E-state index in [1.807, 2.05) is 0 Å². The van der Waals surface area contributed by atoms with Crippen molar-refractivity contribution in [2.24, 2.45) is 0 Å². The molecular weight excluding hydrogens is 287 g/mol. The number of carboxylic acid groups (broad SMARTS) is 1. The Bertz CT molecular complexity index is 634. The van der Waals surface area contributed by atoms with E-state index in [-0.39, 0.29) is 24.2 Å². The van der Waals surface area contributed by atoms with Crippen molar-refractivity contribution in [2.75, 3.05) is 0 Å². The van der Waals surface area contributed by atoms with E-state index >= 15 is 0 Å². The first-order valence-electron chi connectivity index (χ1n) is 6.04. The number of hydrogen-bond donors (Lipinski definition) is 2. The second-order valence-electron chi connectivity index (χ2n) is 4.37. The lowest BCUT2D eigenvalue weighted by atomic mass is 10.1. The first kappa shape index (κ1) is 15.1. The van der Waals surface area contributed by atoms with Crippen LogP contribution in [0.25, 0.3) is 0 Å². The van der Waals surface area contributed by atoms with Crippen LogP contribution in [0.1, 0.15) is 27.2 Å². The minimum Gasteiger partial charge on any atom is -0.478 e. The summed E-state index contributed by atoms with van der Waals surface area (Å²) in [6, 6.07) is 6.59. The molecule has 0 atom stereocenters. The fourth-order valence-electron chi connectivity index (χ4n) is 1.86. The quantitative estimate of drug-likeness (QED) is 0.889. The maximum atomic E-state index is 12.8. The third-order valence-corrected chi connectivity index (χ3v) is 2.84. The first-order chi connectivity index (χ1) is 9.88. The number of carboxylic acids is 1. The molecule has 0 spiro atoms. The largest absolute Gasteiger partial charge is 0.478 e. The van der Waals surface area contributed by atoms with E-state index in [2.05, 4.69) is 5.32 Å². The summed E-state index contributed by atoms with van der Waals surface area (Å²) in [6.07, 6.45) is -3.32. The topological polar surface area (TPSA) is 62.5 Å². The zero-order chi connectivity index (χ0) is 15.5. The lowest BCUT2D eigenvalue weighted by Crippen LogP contribution is -2.17. The predicted octanol–water partition coefficient (Wildman–Crippen LogP) is 3.29. The van der Waals surface area contributed by atoms with Crippen LogP contribution in [-0.2, 0) is 19.3 Å². The van der Waals surface area contributed by atoms with Gasteiger partial charge in [-0.3, -0.25) is 0 Å². The highest BCUT2D eigenvalue weighted by molar-refractivity contribution is 5.87. The second kappa shape index (κ2) is 6.01. The highest BCUT2D eigenvalue weighted by Gasteiger charge is 2.32. The molecule has 1 aromatic carbocycles. The average Bonchev–Trinajstić information content (AvgIpc) is 2.87. The lowest BCUT2D eigenvalue weighted by molar-refractivity contribution is -0.138. The Hall–Kier alpha value is -2.28. The van der Waals surface area contributed by atoms with Crippen LogP contribution in [-0.4, -0.2) is 11.1 Å². The van der Waals surface area contributed by atoms with Gasteiger partial charge >= 0.3 is 12.1 Å². The molecule has 0 aliphatic rings. The van der Waals surface area contributed by atoms with Gasteiger partial charge < -0.3 is 14.8 Å². The molecule has 7 heteroatoms. The zero-order valence-electron chi connectivity index (χ0n) is 10.8. The van der Waals surface area contributed by atoms with Gasteiger partial charge in [-0.05, 0) is 17.7 Å². The summed E-state index contributed by atoms with van der Waals surface area (Å²) in [5, 5.41) is 11.5. The summed E-state index contributed by atoms with van der Waals surface area (Å²) in [5.41, 5.74) is -0.569. The van der Waals surface area contributed by atoms with Crippen LogP contribution in [0.15, 0.2) is 41.0 Å². The normalized spacial score (nSPS) is 11.6. The first-order valence-corrected chi connectivity index (χ1v) is 6.04. The monoisotopic (exact) mass is 299 g/mol. The molecule has 4 nitrogen and oxygen atoms in total. The van der Waals surface area contributed by atoms with Crippen LogP contribution in [0.5, 0.6) is 0 Å². The highest BCUT2D eigenvalue weighted by Crippen LogP contribution is 2.31. The molecule has 112 valence electrons. The van der Waals surface area contributed by atoms with Gasteiger partial charge in [0.1, 0.15) is 12.0 Å². The van der Waals surface area contributed by atoms with Crippen molar-refractivity contribution in [3.63, 3.8) is 0 Å². The van der Waals surface area contributed by atoms with Crippen LogP contribution in [0.3, 0.4) is 0 Å². The van der Waals surface area contributed by atoms with Gasteiger partial charge in [0, 0.05) is 6.54 Å². The molecule has 2 aromatic rings. The summed E-state index contributed by atoms with van der Waals surface area (Å²) < 4.78 is 43.3. The number of benzene rings is 1. The SMILES string of the molecule is O=C(O)c1coc(CNCc2ccccc2C(F)(F)F)c1. The van der Waals surface area contributed by atoms with E-state index in [0.717, 1.165) is 12.3 Å². The summed E-state index contributed by atoms with van der Waals surface area (Å²) in [7, 11) is 0. The number of rotatable bonds is 5. The molecule has 0 saturated carbocycles. The van der Waals surface area contributed by atoms with E-state index in [1.54, 1.807) is 0 Å². The van der Waals surface area contributed by atoms with Crippen molar-refractivity contribution in [1.82, 2.24) is 5.32 Å². The van der Waals surface area contributed by atoms with Crippen LogP contribution in [0, 0.1) is 0 Å². The molecule has 0 fully saturated rings. The summed E-state index contributed by atoms with van der Waals surface area (Å²) in [6.45, 7) is 0.137. The molecule has 0 saturated heterocycles. The number of nitrogens with one attached hydrogen (secondary N) is 1. The van der Waals surface area contributed by atoms with Crippen molar-refractivity contribution in [3.05, 3.63) is 59.0 Å². The van der Waals surface area contributed by atoms with Gasteiger partial charge in [-0.15, -0.1) is 0 Å². The fraction of sp³-hybridized carbons (Fsp3) is 0.214. The standard InChI is InChI=1S/C14H12F3NO3/c15-14(16,17)12-4-2-1-3-9(12)6-18-7-11-5-10(8-21-11)13(19)20/h1-5,8,18H,6-7H2,(H,19,20). The smallest absolute Gasteiger partial charge is 0.416 e. The van der Waals surface area contributed by atoms with Crippen molar-refractivity contribution >= 4 is 5.97 Å². The molecule has 0 unspecified atom stereocenters. The maximum absolute atomic E-state index is 12.8. The highest BCUT2D eigenvalue weighted by atomic mass is 19.4. The number of furan rings is 1. The third kappa shape index (κ3) is 3.85. The van der Waals surface area contributed by atoms with Gasteiger partial charge in [0.25, 0.3) is 0 Å². The van der Waals surface area contributed by atoms with Crippen LogP contribution in [0.4, 0.5) is 13.2 Å². The number of aromatic carboxylic acids is 1. The lowest BCUT2D eigenvalue weighted by Gasteiger charge is -2.12. The Kier molecular flexibility index (Phi) is 4.32. The van der Waals surface area contributed by atoms with Gasteiger partial charge in [-0.2, -0.15) is 13.2 Å². The van der Waals surface area contributed by atoms with E-state index < -0.39 is 17.7 Å². The molecular formula is C14H12F3NO3. The fourth-order valence-corrected chi connectivity index (χ4v) is 1.86. The molecule has 1 aromatic heterocycles. The molecule has 0 aliphatic carbocycles. The number of alkyl halides is 3. The van der Waals surface area contributed by atoms with E-state index in [0.29, 0.717) is 5.76 Å². The maximum Gasteiger partial charge on any atom is 0.416 e. The van der Waals surface area contributed by atoms with Crippen LogP contribution < -0.4 is 5.32 Å². The summed E-state index contributed by atoms with van der Waals surface area (Å²) in [4.78, 5) is 10.7. The van der Waals surface area contributed by atoms with Gasteiger partial charge in [0.15, 0.2) is 0 Å². The van der Waals surface area contributed by atoms with E-state index in [1.165, 1.54) is 24.3 Å². The van der Waals surface area contributed by atoms with Gasteiger partial charge in [0.2, 0.25) is 0 Å². The van der Waals surface area contributed by atoms with Crippen LogP contribution in [0.2, 0.25) is 0 Å². The Balaban J connectivity index is 1.99. The number of halogens is 3. The third-order valence-electron chi connectivity index (χ3n) is 2.84. The molecule has 2 N–H and O–H groups in total. The zero-order valence-corrected chi connectivity index (χ0v) is 10.8. The minimum atomic E-state index is -4.40. The summed E-state index contributed by atoms with van der Waals surface area (Å²) in [5.74, 6) is -0.774. The van der Waals surface area contributed by atoms with Crippen molar-refractivity contribution in [3.8, 4) is 0 Å². The molecule has 21 heavy (non-hydrogen) atoms. The second-order valence-corrected chi connectivity index (χ2v) is 4.37. The molecule has 1 heterocycles. The van der Waals surface area contributed by atoms with Gasteiger partial charge in [-0.1, -0.05) is 18.2 Å². The molecule has 0 bridgehead atoms. The van der Waals surface area contributed by atoms with Crippen LogP contribution >= 0.6 is 0 Å². The Morgan fingerprint density at radius 2 is 1.95 bits per heavy atom. The number of hydrogen-bond acceptors (Lipinski definition) is 3. The average molecular weight is 299 g/mol.